The second kappa shape index (κ2) is 9.05. The fourth-order valence-corrected chi connectivity index (χ4v) is 4.23. The van der Waals surface area contributed by atoms with E-state index < -0.39 is 0 Å². The minimum Gasteiger partial charge on any atom is -0.497 e. The van der Waals surface area contributed by atoms with Crippen molar-refractivity contribution < 1.29 is 23.9 Å². The second-order valence-electron chi connectivity index (χ2n) is 8.53. The summed E-state index contributed by atoms with van der Waals surface area (Å²) in [5, 5.41) is 0. The molecule has 0 aromatic heterocycles. The first-order valence-corrected chi connectivity index (χ1v) is 11.0. The molecule has 2 aromatic rings. The lowest BCUT2D eigenvalue weighted by molar-refractivity contribution is -0.131. The summed E-state index contributed by atoms with van der Waals surface area (Å²) >= 11 is 0. The predicted octanol–water partition coefficient (Wildman–Crippen LogP) is 2.23. The van der Waals surface area contributed by atoms with Crippen LogP contribution >= 0.6 is 0 Å². The van der Waals surface area contributed by atoms with E-state index in [9.17, 15) is 19.2 Å². The summed E-state index contributed by atoms with van der Waals surface area (Å²) < 4.78 is 5.14. The van der Waals surface area contributed by atoms with Crippen molar-refractivity contribution >= 4 is 23.6 Å². The van der Waals surface area contributed by atoms with Gasteiger partial charge in [0.1, 0.15) is 5.75 Å². The van der Waals surface area contributed by atoms with Gasteiger partial charge < -0.3 is 14.5 Å². The van der Waals surface area contributed by atoms with Crippen LogP contribution in [0.1, 0.15) is 50.5 Å². The Morgan fingerprint density at radius 1 is 0.879 bits per heavy atom. The number of fused-ring (bicyclic) bond motifs is 1. The van der Waals surface area contributed by atoms with Crippen LogP contribution in [-0.2, 0) is 11.2 Å². The van der Waals surface area contributed by atoms with Gasteiger partial charge in [0.15, 0.2) is 0 Å². The van der Waals surface area contributed by atoms with E-state index in [0.717, 1.165) is 11.3 Å². The van der Waals surface area contributed by atoms with E-state index in [1.54, 1.807) is 42.9 Å². The zero-order valence-electron chi connectivity index (χ0n) is 19.0. The number of nitrogens with zero attached hydrogens (tertiary/aromatic N) is 3. The maximum Gasteiger partial charge on any atom is 0.261 e. The van der Waals surface area contributed by atoms with Gasteiger partial charge in [-0.1, -0.05) is 12.1 Å². The molecule has 0 saturated carbocycles. The van der Waals surface area contributed by atoms with E-state index in [1.165, 1.54) is 11.0 Å². The van der Waals surface area contributed by atoms with Crippen molar-refractivity contribution in [1.82, 2.24) is 14.7 Å². The number of benzene rings is 2. The van der Waals surface area contributed by atoms with Crippen LogP contribution in [0.2, 0.25) is 0 Å². The molecule has 4 amide bonds. The summed E-state index contributed by atoms with van der Waals surface area (Å²) in [6, 6.07) is 11.8. The van der Waals surface area contributed by atoms with Gasteiger partial charge in [0.2, 0.25) is 5.91 Å². The van der Waals surface area contributed by atoms with E-state index in [2.05, 4.69) is 0 Å². The number of carbonyl (C=O) groups excluding carboxylic acids is 4. The Hall–Kier alpha value is -3.68. The number of rotatable bonds is 5. The molecule has 2 aliphatic heterocycles. The third-order valence-corrected chi connectivity index (χ3v) is 6.12. The number of carbonyl (C=O) groups is 4. The van der Waals surface area contributed by atoms with Gasteiger partial charge in [-0.2, -0.15) is 0 Å². The van der Waals surface area contributed by atoms with Gasteiger partial charge in [-0.3, -0.25) is 24.1 Å². The number of hydrogen-bond acceptors (Lipinski definition) is 5. The van der Waals surface area contributed by atoms with E-state index >= 15 is 0 Å². The number of amides is 4. The number of hydrogen-bond donors (Lipinski definition) is 0. The van der Waals surface area contributed by atoms with Gasteiger partial charge in [0.05, 0.1) is 24.7 Å². The first kappa shape index (κ1) is 22.5. The van der Waals surface area contributed by atoms with Crippen LogP contribution in [0.5, 0.6) is 5.75 Å². The molecule has 2 aliphatic rings. The summed E-state index contributed by atoms with van der Waals surface area (Å²) in [6.45, 7) is 5.28. The van der Waals surface area contributed by atoms with Crippen molar-refractivity contribution in [3.05, 3.63) is 64.7 Å². The zero-order chi connectivity index (χ0) is 23.7. The van der Waals surface area contributed by atoms with Crippen LogP contribution in [0.3, 0.4) is 0 Å². The molecule has 1 fully saturated rings. The largest absolute Gasteiger partial charge is 0.497 e. The topological polar surface area (TPSA) is 87.2 Å². The van der Waals surface area contributed by atoms with Gasteiger partial charge in [-0.25, -0.2) is 0 Å². The van der Waals surface area contributed by atoms with Crippen molar-refractivity contribution in [2.24, 2.45) is 0 Å². The van der Waals surface area contributed by atoms with Crippen molar-refractivity contribution in [2.75, 3.05) is 33.3 Å². The molecule has 0 radical (unpaired) electrons. The third-order valence-electron chi connectivity index (χ3n) is 6.12. The molecule has 0 atom stereocenters. The quantitative estimate of drug-likeness (QED) is 0.654. The second-order valence-corrected chi connectivity index (χ2v) is 8.53. The van der Waals surface area contributed by atoms with Gasteiger partial charge in [0, 0.05) is 37.8 Å². The Kier molecular flexibility index (Phi) is 6.18. The summed E-state index contributed by atoms with van der Waals surface area (Å²) in [4.78, 5) is 55.4. The molecule has 33 heavy (non-hydrogen) atoms. The molecule has 172 valence electrons. The highest BCUT2D eigenvalue weighted by atomic mass is 16.5. The molecule has 4 rings (SSSR count). The first-order valence-electron chi connectivity index (χ1n) is 11.0. The van der Waals surface area contributed by atoms with Crippen molar-refractivity contribution in [2.45, 2.75) is 26.3 Å². The van der Waals surface area contributed by atoms with Crippen molar-refractivity contribution in [3.63, 3.8) is 0 Å². The fraction of sp³-hybridized carbons (Fsp3) is 0.360. The lowest BCUT2D eigenvalue weighted by atomic mass is 10.0. The number of ether oxygens (including phenoxy) is 1. The van der Waals surface area contributed by atoms with Crippen LogP contribution < -0.4 is 4.74 Å². The Morgan fingerprint density at radius 3 is 2.09 bits per heavy atom. The monoisotopic (exact) mass is 449 g/mol. The Balaban J connectivity index is 1.37. The van der Waals surface area contributed by atoms with Crippen LogP contribution in [0.25, 0.3) is 0 Å². The molecule has 0 aliphatic carbocycles. The minimum absolute atomic E-state index is 0.0164. The molecule has 0 unspecified atom stereocenters. The lowest BCUT2D eigenvalue weighted by Crippen LogP contribution is -2.51. The molecule has 8 nitrogen and oxygen atoms in total. The molecule has 2 heterocycles. The van der Waals surface area contributed by atoms with Crippen LogP contribution in [-0.4, -0.2) is 77.7 Å². The van der Waals surface area contributed by atoms with Crippen molar-refractivity contribution in [1.29, 1.82) is 0 Å². The van der Waals surface area contributed by atoms with Gasteiger partial charge in [0.25, 0.3) is 17.7 Å². The summed E-state index contributed by atoms with van der Waals surface area (Å²) in [5.74, 6) is -0.138. The standard InChI is InChI=1S/C25H27N3O5/c1-16(2)28-24(31)20-9-6-18(15-21(20)25(28)32)23(30)27-12-10-26(11-13-27)22(29)14-17-4-7-19(33-3)8-5-17/h4-9,15-16H,10-14H2,1-3H3. The normalized spacial score (nSPS) is 15.8. The lowest BCUT2D eigenvalue weighted by Gasteiger charge is -2.35. The minimum atomic E-state index is -0.367. The molecule has 1 saturated heterocycles. The summed E-state index contributed by atoms with van der Waals surface area (Å²) in [7, 11) is 1.60. The fourth-order valence-electron chi connectivity index (χ4n) is 4.23. The van der Waals surface area contributed by atoms with Gasteiger partial charge in [-0.05, 0) is 49.7 Å². The molecule has 8 heteroatoms. The number of piperazine rings is 1. The smallest absolute Gasteiger partial charge is 0.261 e. The third kappa shape index (κ3) is 4.33. The van der Waals surface area contributed by atoms with E-state index in [4.69, 9.17) is 4.74 Å². The van der Waals surface area contributed by atoms with Gasteiger partial charge in [-0.15, -0.1) is 0 Å². The zero-order valence-corrected chi connectivity index (χ0v) is 19.0. The summed E-state index contributed by atoms with van der Waals surface area (Å²) in [6.07, 6.45) is 0.297. The maximum absolute atomic E-state index is 13.0. The predicted molar refractivity (Wildman–Crippen MR) is 121 cm³/mol. The average molecular weight is 450 g/mol. The van der Waals surface area contributed by atoms with Crippen molar-refractivity contribution in [3.8, 4) is 5.75 Å². The molecule has 0 bridgehead atoms. The molecule has 2 aromatic carbocycles. The SMILES string of the molecule is COc1ccc(CC(=O)N2CCN(C(=O)c3ccc4c(c3)C(=O)N(C(C)C)C4=O)CC2)cc1. The first-order chi connectivity index (χ1) is 15.8. The highest BCUT2D eigenvalue weighted by molar-refractivity contribution is 6.22. The van der Waals surface area contributed by atoms with Crippen LogP contribution in [0.4, 0.5) is 0 Å². The maximum atomic E-state index is 13.0. The number of methoxy groups -OCH3 is 1. The highest BCUT2D eigenvalue weighted by Crippen LogP contribution is 2.26. The summed E-state index contributed by atoms with van der Waals surface area (Å²) in [5.41, 5.74) is 1.89. The van der Waals surface area contributed by atoms with E-state index in [-0.39, 0.29) is 35.2 Å². The van der Waals surface area contributed by atoms with E-state index in [1.807, 2.05) is 24.3 Å². The Labute approximate surface area is 192 Å². The highest BCUT2D eigenvalue weighted by Gasteiger charge is 2.38. The Bertz CT molecular complexity index is 1100. The molecular weight excluding hydrogens is 422 g/mol. The van der Waals surface area contributed by atoms with E-state index in [0.29, 0.717) is 43.7 Å². The van der Waals surface area contributed by atoms with Crippen LogP contribution in [0, 0.1) is 0 Å². The number of imide groups is 1. The average Bonchev–Trinajstić information content (AvgIpc) is 3.08. The molecule has 0 spiro atoms. The van der Waals surface area contributed by atoms with Gasteiger partial charge >= 0.3 is 0 Å². The van der Waals surface area contributed by atoms with Crippen LogP contribution in [0.15, 0.2) is 42.5 Å². The molecule has 0 N–H and O–H groups in total. The Morgan fingerprint density at radius 2 is 1.48 bits per heavy atom. The molecular formula is C25H27N3O5.